The van der Waals surface area contributed by atoms with Crippen molar-refractivity contribution in [1.29, 1.82) is 0 Å². The van der Waals surface area contributed by atoms with Gasteiger partial charge in [-0.3, -0.25) is 0 Å². The standard InChI is InChI=1S/C15H15NO2S/c1-10-8-13(16)6-7-14(10)19-9-11-2-4-12(5-3-11)15(17)18/h2-8H,9,16H2,1H3,(H,17,18). The number of carboxylic acid groups (broad SMARTS) is 1. The number of hydrogen-bond donors (Lipinski definition) is 2. The molecule has 0 bridgehead atoms. The molecular weight excluding hydrogens is 258 g/mol. The van der Waals surface area contributed by atoms with Gasteiger partial charge in [-0.25, -0.2) is 4.79 Å². The van der Waals surface area contributed by atoms with E-state index >= 15 is 0 Å². The molecule has 0 fully saturated rings. The third-order valence-corrected chi connectivity index (χ3v) is 4.04. The maximum absolute atomic E-state index is 10.8. The van der Waals surface area contributed by atoms with Crippen LogP contribution in [-0.4, -0.2) is 11.1 Å². The number of nitrogen functional groups attached to an aromatic ring is 1. The van der Waals surface area contributed by atoms with Gasteiger partial charge >= 0.3 is 5.97 Å². The summed E-state index contributed by atoms with van der Waals surface area (Å²) >= 11 is 1.72. The maximum atomic E-state index is 10.8. The van der Waals surface area contributed by atoms with Gasteiger partial charge in [0.1, 0.15) is 0 Å². The van der Waals surface area contributed by atoms with E-state index in [1.807, 2.05) is 37.3 Å². The van der Waals surface area contributed by atoms with Gasteiger partial charge in [-0.1, -0.05) is 12.1 Å². The van der Waals surface area contributed by atoms with Crippen LogP contribution < -0.4 is 5.73 Å². The molecule has 2 aromatic rings. The zero-order valence-corrected chi connectivity index (χ0v) is 11.4. The Morgan fingerprint density at radius 1 is 1.21 bits per heavy atom. The fourth-order valence-electron chi connectivity index (χ4n) is 1.74. The first-order chi connectivity index (χ1) is 9.06. The quantitative estimate of drug-likeness (QED) is 0.660. The minimum absolute atomic E-state index is 0.317. The SMILES string of the molecule is Cc1cc(N)ccc1SCc1ccc(C(=O)O)cc1. The van der Waals surface area contributed by atoms with E-state index < -0.39 is 5.97 Å². The van der Waals surface area contributed by atoms with Crippen LogP contribution in [0.25, 0.3) is 0 Å². The average Bonchev–Trinajstić information content (AvgIpc) is 2.38. The van der Waals surface area contributed by atoms with E-state index in [4.69, 9.17) is 10.8 Å². The number of rotatable bonds is 4. The summed E-state index contributed by atoms with van der Waals surface area (Å²) in [7, 11) is 0. The van der Waals surface area contributed by atoms with Crippen molar-refractivity contribution in [2.45, 2.75) is 17.6 Å². The summed E-state index contributed by atoms with van der Waals surface area (Å²) in [6.45, 7) is 2.03. The minimum Gasteiger partial charge on any atom is -0.478 e. The van der Waals surface area contributed by atoms with E-state index in [1.165, 1.54) is 4.90 Å². The van der Waals surface area contributed by atoms with Gasteiger partial charge in [-0.05, 0) is 48.4 Å². The molecule has 4 heteroatoms. The summed E-state index contributed by atoms with van der Waals surface area (Å²) in [4.78, 5) is 11.9. The second kappa shape index (κ2) is 5.80. The van der Waals surface area contributed by atoms with Crippen LogP contribution in [-0.2, 0) is 5.75 Å². The van der Waals surface area contributed by atoms with Crippen molar-refractivity contribution in [3.05, 3.63) is 59.2 Å². The number of anilines is 1. The summed E-state index contributed by atoms with van der Waals surface area (Å²) in [6, 6.07) is 12.8. The lowest BCUT2D eigenvalue weighted by Gasteiger charge is -2.06. The Hall–Kier alpha value is -1.94. The Morgan fingerprint density at radius 2 is 1.89 bits per heavy atom. The van der Waals surface area contributed by atoms with E-state index in [-0.39, 0.29) is 0 Å². The zero-order chi connectivity index (χ0) is 13.8. The van der Waals surface area contributed by atoms with Crippen LogP contribution in [0.4, 0.5) is 5.69 Å². The molecule has 0 saturated heterocycles. The van der Waals surface area contributed by atoms with Gasteiger partial charge in [0.25, 0.3) is 0 Å². The van der Waals surface area contributed by atoms with E-state index in [0.29, 0.717) is 5.56 Å². The molecule has 0 amide bonds. The van der Waals surface area contributed by atoms with Crippen molar-refractivity contribution >= 4 is 23.4 Å². The Kier molecular flexibility index (Phi) is 4.12. The summed E-state index contributed by atoms with van der Waals surface area (Å²) in [5.74, 6) is -0.0847. The maximum Gasteiger partial charge on any atom is 0.335 e. The van der Waals surface area contributed by atoms with Crippen LogP contribution >= 0.6 is 11.8 Å². The molecule has 3 nitrogen and oxygen atoms in total. The van der Waals surface area contributed by atoms with Crippen LogP contribution in [0.2, 0.25) is 0 Å². The van der Waals surface area contributed by atoms with Gasteiger partial charge in [-0.15, -0.1) is 11.8 Å². The van der Waals surface area contributed by atoms with Gasteiger partial charge in [0, 0.05) is 16.3 Å². The van der Waals surface area contributed by atoms with Gasteiger partial charge in [0.15, 0.2) is 0 Å². The summed E-state index contributed by atoms with van der Waals surface area (Å²) in [6.07, 6.45) is 0. The Morgan fingerprint density at radius 3 is 2.47 bits per heavy atom. The number of thioether (sulfide) groups is 1. The third kappa shape index (κ3) is 3.51. The van der Waals surface area contributed by atoms with Crippen molar-refractivity contribution in [2.75, 3.05) is 5.73 Å². The monoisotopic (exact) mass is 273 g/mol. The summed E-state index contributed by atoms with van der Waals surface area (Å²) in [5, 5.41) is 8.83. The highest BCUT2D eigenvalue weighted by molar-refractivity contribution is 7.98. The fourth-order valence-corrected chi connectivity index (χ4v) is 2.70. The first-order valence-electron chi connectivity index (χ1n) is 5.87. The van der Waals surface area contributed by atoms with E-state index in [0.717, 1.165) is 22.6 Å². The smallest absolute Gasteiger partial charge is 0.335 e. The third-order valence-electron chi connectivity index (χ3n) is 2.79. The van der Waals surface area contributed by atoms with Gasteiger partial charge in [0.2, 0.25) is 0 Å². The lowest BCUT2D eigenvalue weighted by molar-refractivity contribution is 0.0697. The van der Waals surface area contributed by atoms with Crippen molar-refractivity contribution < 1.29 is 9.90 Å². The highest BCUT2D eigenvalue weighted by Gasteiger charge is 2.03. The molecule has 0 spiro atoms. The Labute approximate surface area is 116 Å². The largest absolute Gasteiger partial charge is 0.478 e. The van der Waals surface area contributed by atoms with Gasteiger partial charge < -0.3 is 10.8 Å². The predicted molar refractivity (Wildman–Crippen MR) is 78.6 cm³/mol. The normalized spacial score (nSPS) is 10.4. The molecule has 98 valence electrons. The van der Waals surface area contributed by atoms with Crippen molar-refractivity contribution in [3.63, 3.8) is 0 Å². The van der Waals surface area contributed by atoms with Crippen LogP contribution in [0.5, 0.6) is 0 Å². The second-order valence-corrected chi connectivity index (χ2v) is 5.33. The van der Waals surface area contributed by atoms with Crippen LogP contribution in [0.15, 0.2) is 47.4 Å². The fraction of sp³-hybridized carbons (Fsp3) is 0.133. The minimum atomic E-state index is -0.895. The number of carboxylic acids is 1. The summed E-state index contributed by atoms with van der Waals surface area (Å²) in [5.41, 5.74) is 9.07. The molecule has 0 radical (unpaired) electrons. The lowest BCUT2D eigenvalue weighted by Crippen LogP contribution is -1.95. The first kappa shape index (κ1) is 13.5. The molecule has 0 heterocycles. The number of carbonyl (C=O) groups is 1. The van der Waals surface area contributed by atoms with Gasteiger partial charge in [0.05, 0.1) is 5.56 Å². The number of benzene rings is 2. The van der Waals surface area contributed by atoms with Crippen LogP contribution in [0, 0.1) is 6.92 Å². The van der Waals surface area contributed by atoms with Crippen LogP contribution in [0.1, 0.15) is 21.5 Å². The first-order valence-corrected chi connectivity index (χ1v) is 6.86. The average molecular weight is 273 g/mol. The van der Waals surface area contributed by atoms with E-state index in [1.54, 1.807) is 23.9 Å². The number of hydrogen-bond acceptors (Lipinski definition) is 3. The highest BCUT2D eigenvalue weighted by atomic mass is 32.2. The Bertz CT molecular complexity index is 594. The highest BCUT2D eigenvalue weighted by Crippen LogP contribution is 2.27. The molecule has 2 aromatic carbocycles. The molecule has 2 rings (SSSR count). The number of aromatic carboxylic acids is 1. The molecule has 0 atom stereocenters. The molecule has 0 unspecified atom stereocenters. The number of nitrogens with two attached hydrogens (primary N) is 1. The van der Waals surface area contributed by atoms with E-state index in [2.05, 4.69) is 0 Å². The lowest BCUT2D eigenvalue weighted by atomic mass is 10.1. The van der Waals surface area contributed by atoms with Crippen molar-refractivity contribution in [1.82, 2.24) is 0 Å². The molecule has 0 aromatic heterocycles. The molecule has 0 saturated carbocycles. The van der Waals surface area contributed by atoms with E-state index in [9.17, 15) is 4.79 Å². The molecular formula is C15H15NO2S. The molecule has 0 aliphatic rings. The molecule has 0 aliphatic heterocycles. The topological polar surface area (TPSA) is 63.3 Å². The Balaban J connectivity index is 2.04. The van der Waals surface area contributed by atoms with Crippen molar-refractivity contribution in [2.24, 2.45) is 0 Å². The molecule has 0 aliphatic carbocycles. The molecule has 3 N–H and O–H groups in total. The van der Waals surface area contributed by atoms with Crippen molar-refractivity contribution in [3.8, 4) is 0 Å². The summed E-state index contributed by atoms with van der Waals surface area (Å²) < 4.78 is 0. The predicted octanol–water partition coefficient (Wildman–Crippen LogP) is 3.57. The number of aryl methyl sites for hydroxylation is 1. The molecule has 19 heavy (non-hydrogen) atoms. The zero-order valence-electron chi connectivity index (χ0n) is 10.6. The van der Waals surface area contributed by atoms with Crippen LogP contribution in [0.3, 0.4) is 0 Å². The van der Waals surface area contributed by atoms with Gasteiger partial charge in [-0.2, -0.15) is 0 Å². The second-order valence-electron chi connectivity index (χ2n) is 4.32.